The quantitative estimate of drug-likeness (QED) is 0.439. The van der Waals surface area contributed by atoms with Crippen LogP contribution in [0.2, 0.25) is 0 Å². The van der Waals surface area contributed by atoms with Crippen molar-refractivity contribution in [1.29, 1.82) is 0 Å². The lowest BCUT2D eigenvalue weighted by atomic mass is 10.1. The van der Waals surface area contributed by atoms with Crippen molar-refractivity contribution < 1.29 is 32.6 Å². The number of rotatable bonds is 5. The predicted molar refractivity (Wildman–Crippen MR) is 92.9 cm³/mol. The molecule has 1 heterocycles. The minimum atomic E-state index is -2.99. The van der Waals surface area contributed by atoms with Crippen molar-refractivity contribution in [3.8, 4) is 17.2 Å². The molecule has 7 heteroatoms. The van der Waals surface area contributed by atoms with Gasteiger partial charge in [0.05, 0.1) is 11.5 Å². The maximum Gasteiger partial charge on any atom is 0.387 e. The molecular weight excluding hydrogens is 358 g/mol. The van der Waals surface area contributed by atoms with E-state index in [2.05, 4.69) is 4.74 Å². The number of carbonyl (C=O) groups excluding carboxylic acids is 2. The molecule has 0 aliphatic carbocycles. The van der Waals surface area contributed by atoms with E-state index in [9.17, 15) is 18.4 Å². The van der Waals surface area contributed by atoms with Crippen LogP contribution in [0, 0.1) is 5.92 Å². The minimum absolute atomic E-state index is 0.0392. The van der Waals surface area contributed by atoms with Gasteiger partial charge in [-0.15, -0.1) is 0 Å². The van der Waals surface area contributed by atoms with E-state index < -0.39 is 18.4 Å². The summed E-state index contributed by atoms with van der Waals surface area (Å²) in [7, 11) is 0. The Balaban J connectivity index is 1.87. The first-order valence-electron chi connectivity index (χ1n) is 8.19. The van der Waals surface area contributed by atoms with Gasteiger partial charge in [-0.2, -0.15) is 8.78 Å². The number of hydrogen-bond acceptors (Lipinski definition) is 5. The number of fused-ring (bicyclic) bond motifs is 1. The van der Waals surface area contributed by atoms with Gasteiger partial charge < -0.3 is 14.2 Å². The third-order valence-electron chi connectivity index (χ3n) is 3.75. The Kier molecular flexibility index (Phi) is 5.21. The molecule has 2 aromatic rings. The Labute approximate surface area is 154 Å². The number of para-hydroxylation sites is 1. The average Bonchev–Trinajstić information content (AvgIpc) is 2.91. The molecule has 0 N–H and O–H groups in total. The van der Waals surface area contributed by atoms with E-state index in [-0.39, 0.29) is 40.1 Å². The topological polar surface area (TPSA) is 61.8 Å². The third kappa shape index (κ3) is 4.13. The van der Waals surface area contributed by atoms with Crippen molar-refractivity contribution in [3.05, 3.63) is 59.4 Å². The van der Waals surface area contributed by atoms with Gasteiger partial charge in [0.1, 0.15) is 17.2 Å². The molecule has 0 radical (unpaired) electrons. The summed E-state index contributed by atoms with van der Waals surface area (Å²) in [5.74, 6) is -0.744. The van der Waals surface area contributed by atoms with Gasteiger partial charge in [0.15, 0.2) is 5.76 Å². The number of esters is 1. The van der Waals surface area contributed by atoms with Crippen molar-refractivity contribution in [2.75, 3.05) is 0 Å². The molecule has 5 nitrogen and oxygen atoms in total. The molecular formula is C20H16F2O5. The molecule has 140 valence electrons. The molecule has 0 atom stereocenters. The number of ketones is 1. The summed E-state index contributed by atoms with van der Waals surface area (Å²) in [5, 5.41) is 0. The standard InChI is InChI=1S/C20H16F2O5/c1-11(2)19(24)25-13-7-8-14-16(10-13)26-17(18(14)23)9-12-5-3-4-6-15(12)27-20(21)22/h3-11,20H,1-2H3/b17-9-. The van der Waals surface area contributed by atoms with Gasteiger partial charge in [0.25, 0.3) is 0 Å². The SMILES string of the molecule is CC(C)C(=O)Oc1ccc2c(c1)O/C(=C\c1ccccc1OC(F)F)C2=O. The highest BCUT2D eigenvalue weighted by atomic mass is 19.3. The summed E-state index contributed by atoms with van der Waals surface area (Å²) < 4.78 is 40.3. The lowest BCUT2D eigenvalue weighted by Crippen LogP contribution is -2.14. The van der Waals surface area contributed by atoms with Crippen LogP contribution in [0.5, 0.6) is 17.2 Å². The van der Waals surface area contributed by atoms with E-state index in [4.69, 9.17) is 9.47 Å². The summed E-state index contributed by atoms with van der Waals surface area (Å²) in [5.41, 5.74) is 0.568. The smallest absolute Gasteiger partial charge is 0.387 e. The zero-order valence-electron chi connectivity index (χ0n) is 14.6. The summed E-state index contributed by atoms with van der Waals surface area (Å²) in [6.07, 6.45) is 1.33. The number of carbonyl (C=O) groups is 2. The van der Waals surface area contributed by atoms with Crippen molar-refractivity contribution in [1.82, 2.24) is 0 Å². The molecule has 0 spiro atoms. The maximum absolute atomic E-state index is 12.5. The third-order valence-corrected chi connectivity index (χ3v) is 3.75. The number of Topliss-reactive ketones (excluding diaryl/α,β-unsaturated/α-hetero) is 1. The minimum Gasteiger partial charge on any atom is -0.452 e. The average molecular weight is 374 g/mol. The Morgan fingerprint density at radius 2 is 1.89 bits per heavy atom. The van der Waals surface area contributed by atoms with Crippen LogP contribution >= 0.6 is 0 Å². The number of halogens is 2. The fraction of sp³-hybridized carbons (Fsp3) is 0.200. The molecule has 0 saturated carbocycles. The van der Waals surface area contributed by atoms with E-state index in [1.54, 1.807) is 26.0 Å². The zero-order chi connectivity index (χ0) is 19.6. The Morgan fingerprint density at radius 1 is 1.15 bits per heavy atom. The molecule has 3 rings (SSSR count). The second kappa shape index (κ2) is 7.57. The van der Waals surface area contributed by atoms with E-state index >= 15 is 0 Å². The number of alkyl halides is 2. The molecule has 0 amide bonds. The number of benzene rings is 2. The summed E-state index contributed by atoms with van der Waals surface area (Å²) in [4.78, 5) is 24.2. The summed E-state index contributed by atoms with van der Waals surface area (Å²) in [6.45, 7) is 0.422. The van der Waals surface area contributed by atoms with Gasteiger partial charge in [0, 0.05) is 11.6 Å². The summed E-state index contributed by atoms with van der Waals surface area (Å²) >= 11 is 0. The second-order valence-electron chi connectivity index (χ2n) is 6.09. The fourth-order valence-electron chi connectivity index (χ4n) is 2.41. The van der Waals surface area contributed by atoms with Crippen molar-refractivity contribution in [2.24, 2.45) is 5.92 Å². The van der Waals surface area contributed by atoms with Crippen molar-refractivity contribution >= 4 is 17.8 Å². The molecule has 27 heavy (non-hydrogen) atoms. The first kappa shape index (κ1) is 18.6. The van der Waals surface area contributed by atoms with Crippen LogP contribution in [0.3, 0.4) is 0 Å². The van der Waals surface area contributed by atoms with E-state index in [1.807, 2.05) is 0 Å². The van der Waals surface area contributed by atoms with Gasteiger partial charge in [-0.25, -0.2) is 0 Å². The maximum atomic E-state index is 12.5. The molecule has 1 aliphatic heterocycles. The molecule has 0 fully saturated rings. The van der Waals surface area contributed by atoms with Crippen LogP contribution in [-0.4, -0.2) is 18.4 Å². The zero-order valence-corrected chi connectivity index (χ0v) is 14.6. The van der Waals surface area contributed by atoms with Crippen LogP contribution in [-0.2, 0) is 4.79 Å². The fourth-order valence-corrected chi connectivity index (χ4v) is 2.41. The predicted octanol–water partition coefficient (Wildman–Crippen LogP) is 4.47. The first-order valence-corrected chi connectivity index (χ1v) is 8.19. The van der Waals surface area contributed by atoms with Crippen LogP contribution in [0.25, 0.3) is 6.08 Å². The first-order chi connectivity index (χ1) is 12.8. The molecule has 0 unspecified atom stereocenters. The largest absolute Gasteiger partial charge is 0.452 e. The van der Waals surface area contributed by atoms with Crippen LogP contribution < -0.4 is 14.2 Å². The van der Waals surface area contributed by atoms with Crippen LogP contribution in [0.15, 0.2) is 48.2 Å². The lowest BCUT2D eigenvalue weighted by molar-refractivity contribution is -0.137. The molecule has 1 aliphatic rings. The molecule has 0 saturated heterocycles. The van der Waals surface area contributed by atoms with E-state index in [1.165, 1.54) is 36.4 Å². The van der Waals surface area contributed by atoms with Gasteiger partial charge in [-0.3, -0.25) is 9.59 Å². The van der Waals surface area contributed by atoms with Gasteiger partial charge in [-0.1, -0.05) is 32.0 Å². The normalized spacial score (nSPS) is 14.4. The van der Waals surface area contributed by atoms with Crippen molar-refractivity contribution in [2.45, 2.75) is 20.5 Å². The highest BCUT2D eigenvalue weighted by Gasteiger charge is 2.28. The van der Waals surface area contributed by atoms with Crippen LogP contribution in [0.1, 0.15) is 29.8 Å². The lowest BCUT2D eigenvalue weighted by Gasteiger charge is -2.08. The Bertz CT molecular complexity index is 918. The van der Waals surface area contributed by atoms with Gasteiger partial charge in [-0.05, 0) is 24.3 Å². The molecule has 2 aromatic carbocycles. The number of ether oxygens (including phenoxy) is 3. The van der Waals surface area contributed by atoms with E-state index in [0.717, 1.165) is 0 Å². The highest BCUT2D eigenvalue weighted by Crippen LogP contribution is 2.36. The summed E-state index contributed by atoms with van der Waals surface area (Å²) in [6, 6.07) is 10.5. The molecule has 0 bridgehead atoms. The number of hydrogen-bond donors (Lipinski definition) is 0. The number of allylic oxidation sites excluding steroid dienone is 1. The van der Waals surface area contributed by atoms with Crippen molar-refractivity contribution in [3.63, 3.8) is 0 Å². The van der Waals surface area contributed by atoms with E-state index in [0.29, 0.717) is 0 Å². The monoisotopic (exact) mass is 374 g/mol. The second-order valence-corrected chi connectivity index (χ2v) is 6.09. The van der Waals surface area contributed by atoms with Gasteiger partial charge in [0.2, 0.25) is 5.78 Å². The molecule has 0 aromatic heterocycles. The van der Waals surface area contributed by atoms with Gasteiger partial charge >= 0.3 is 12.6 Å². The Hall–Kier alpha value is -3.22. The highest BCUT2D eigenvalue weighted by molar-refractivity contribution is 6.14. The van der Waals surface area contributed by atoms with Crippen LogP contribution in [0.4, 0.5) is 8.78 Å². The Morgan fingerprint density at radius 3 is 2.59 bits per heavy atom.